The lowest BCUT2D eigenvalue weighted by atomic mass is 9.78. The molecule has 0 saturated carbocycles. The molecule has 0 bridgehead atoms. The highest BCUT2D eigenvalue weighted by molar-refractivity contribution is 5.97. The molecule has 1 heteroatoms. The van der Waals surface area contributed by atoms with Gasteiger partial charge in [0.05, 0.1) is 0 Å². The van der Waals surface area contributed by atoms with Gasteiger partial charge in [0.25, 0.3) is 0 Å². The minimum Gasteiger partial charge on any atom is -0.295 e. The molecule has 0 spiro atoms. The predicted octanol–water partition coefficient (Wildman–Crippen LogP) is 3.43. The number of Topliss-reactive ketones (excluding diaryl/α,β-unsaturated/α-hetero) is 1. The third-order valence-electron chi connectivity index (χ3n) is 2.97. The highest BCUT2D eigenvalue weighted by Gasteiger charge is 2.25. The number of rotatable bonds is 2. The van der Waals surface area contributed by atoms with Crippen molar-refractivity contribution in [3.8, 4) is 0 Å². The molecule has 1 aliphatic carbocycles. The fourth-order valence-corrected chi connectivity index (χ4v) is 1.86. The monoisotopic (exact) mass is 190 g/mol. The molecule has 0 radical (unpaired) electrons. The van der Waals surface area contributed by atoms with Crippen LogP contribution in [0.25, 0.3) is 0 Å². The second-order valence-corrected chi connectivity index (χ2v) is 4.26. The molecule has 1 aliphatic rings. The zero-order valence-electron chi connectivity index (χ0n) is 9.31. The standard InChI is InChI=1S/C13H18O/c1-8(2)11-6-12(9(3)4)10(5)13(14)7-11/h11H,1,3,6-7H2,2,4-5H3/t11-/m1/s1. The van der Waals surface area contributed by atoms with Crippen LogP contribution in [0.1, 0.15) is 33.6 Å². The van der Waals surface area contributed by atoms with Crippen molar-refractivity contribution in [2.75, 3.05) is 0 Å². The maximum absolute atomic E-state index is 11.7. The Balaban J connectivity index is 3.02. The van der Waals surface area contributed by atoms with Gasteiger partial charge in [-0.25, -0.2) is 0 Å². The Bertz CT molecular complexity index is 331. The first kappa shape index (κ1) is 11.0. The molecule has 0 heterocycles. The van der Waals surface area contributed by atoms with Crippen molar-refractivity contribution in [3.05, 3.63) is 35.5 Å². The summed E-state index contributed by atoms with van der Waals surface area (Å²) in [5.74, 6) is 0.570. The van der Waals surface area contributed by atoms with Crippen LogP contribution in [0.5, 0.6) is 0 Å². The van der Waals surface area contributed by atoms with Gasteiger partial charge in [-0.3, -0.25) is 4.79 Å². The van der Waals surface area contributed by atoms with Crippen molar-refractivity contribution in [3.63, 3.8) is 0 Å². The molecule has 0 aromatic rings. The van der Waals surface area contributed by atoms with E-state index in [2.05, 4.69) is 13.2 Å². The summed E-state index contributed by atoms with van der Waals surface area (Å²) in [5.41, 5.74) is 4.15. The normalized spacial score (nSPS) is 22.5. The van der Waals surface area contributed by atoms with E-state index in [0.717, 1.165) is 28.7 Å². The van der Waals surface area contributed by atoms with Gasteiger partial charge in [-0.15, -0.1) is 0 Å². The summed E-state index contributed by atoms with van der Waals surface area (Å²) in [6.07, 6.45) is 1.56. The predicted molar refractivity (Wildman–Crippen MR) is 60.1 cm³/mol. The maximum Gasteiger partial charge on any atom is 0.159 e. The van der Waals surface area contributed by atoms with Gasteiger partial charge >= 0.3 is 0 Å². The second kappa shape index (κ2) is 3.95. The van der Waals surface area contributed by atoms with E-state index in [9.17, 15) is 4.79 Å². The zero-order chi connectivity index (χ0) is 10.9. The molecule has 0 aromatic heterocycles. The van der Waals surface area contributed by atoms with E-state index in [1.165, 1.54) is 0 Å². The third-order valence-corrected chi connectivity index (χ3v) is 2.97. The Hall–Kier alpha value is -1.11. The first-order valence-corrected chi connectivity index (χ1v) is 4.97. The topological polar surface area (TPSA) is 17.1 Å². The van der Waals surface area contributed by atoms with E-state index in [1.54, 1.807) is 0 Å². The Morgan fingerprint density at radius 1 is 1.29 bits per heavy atom. The number of allylic oxidation sites excluding steroid dienone is 4. The van der Waals surface area contributed by atoms with Crippen molar-refractivity contribution in [2.24, 2.45) is 5.92 Å². The van der Waals surface area contributed by atoms with Gasteiger partial charge in [0, 0.05) is 6.42 Å². The number of hydrogen-bond acceptors (Lipinski definition) is 1. The van der Waals surface area contributed by atoms with Gasteiger partial charge < -0.3 is 0 Å². The molecule has 0 unspecified atom stereocenters. The highest BCUT2D eigenvalue weighted by Crippen LogP contribution is 2.33. The first-order valence-electron chi connectivity index (χ1n) is 4.97. The smallest absolute Gasteiger partial charge is 0.159 e. The summed E-state index contributed by atoms with van der Waals surface area (Å²) < 4.78 is 0. The lowest BCUT2D eigenvalue weighted by molar-refractivity contribution is -0.116. The van der Waals surface area contributed by atoms with Gasteiger partial charge in [-0.05, 0) is 44.3 Å². The molecule has 0 saturated heterocycles. The average molecular weight is 190 g/mol. The zero-order valence-corrected chi connectivity index (χ0v) is 9.31. The van der Waals surface area contributed by atoms with Gasteiger partial charge in [-0.2, -0.15) is 0 Å². The van der Waals surface area contributed by atoms with E-state index in [0.29, 0.717) is 12.3 Å². The average Bonchev–Trinajstić information content (AvgIpc) is 2.08. The number of hydrogen-bond donors (Lipinski definition) is 0. The van der Waals surface area contributed by atoms with E-state index in [4.69, 9.17) is 0 Å². The van der Waals surface area contributed by atoms with Gasteiger partial charge in [0.2, 0.25) is 0 Å². The summed E-state index contributed by atoms with van der Waals surface area (Å²) in [4.78, 5) is 11.7. The largest absolute Gasteiger partial charge is 0.295 e. The molecule has 1 atom stereocenters. The molecule has 0 fully saturated rings. The van der Waals surface area contributed by atoms with Crippen molar-refractivity contribution in [1.82, 2.24) is 0 Å². The molecule has 0 amide bonds. The molecule has 0 aliphatic heterocycles. The van der Waals surface area contributed by atoms with Crippen LogP contribution in [0.3, 0.4) is 0 Å². The molecule has 0 N–H and O–H groups in total. The summed E-state index contributed by atoms with van der Waals surface area (Å²) in [6, 6.07) is 0. The van der Waals surface area contributed by atoms with Gasteiger partial charge in [0.1, 0.15) is 0 Å². The van der Waals surface area contributed by atoms with Crippen molar-refractivity contribution >= 4 is 5.78 Å². The molecular weight excluding hydrogens is 172 g/mol. The third kappa shape index (κ3) is 2.03. The van der Waals surface area contributed by atoms with Crippen molar-refractivity contribution < 1.29 is 4.79 Å². The Labute approximate surface area is 86.2 Å². The highest BCUT2D eigenvalue weighted by atomic mass is 16.1. The number of carbonyl (C=O) groups is 1. The van der Waals surface area contributed by atoms with Crippen LogP contribution < -0.4 is 0 Å². The van der Waals surface area contributed by atoms with Crippen molar-refractivity contribution in [2.45, 2.75) is 33.6 Å². The van der Waals surface area contributed by atoms with E-state index >= 15 is 0 Å². The van der Waals surface area contributed by atoms with E-state index in [-0.39, 0.29) is 5.78 Å². The van der Waals surface area contributed by atoms with E-state index in [1.807, 2.05) is 20.8 Å². The molecule has 0 aromatic carbocycles. The van der Waals surface area contributed by atoms with Gasteiger partial charge in [0.15, 0.2) is 5.78 Å². The minimum atomic E-state index is 0.252. The van der Waals surface area contributed by atoms with Crippen LogP contribution in [-0.2, 0) is 4.79 Å². The lowest BCUT2D eigenvalue weighted by Crippen LogP contribution is -2.19. The Morgan fingerprint density at radius 2 is 1.86 bits per heavy atom. The quantitative estimate of drug-likeness (QED) is 0.610. The summed E-state index contributed by atoms with van der Waals surface area (Å²) in [6.45, 7) is 13.7. The minimum absolute atomic E-state index is 0.252. The summed E-state index contributed by atoms with van der Waals surface area (Å²) >= 11 is 0. The fraction of sp³-hybridized carbons (Fsp3) is 0.462. The molecule has 1 nitrogen and oxygen atoms in total. The SMILES string of the molecule is C=C(C)C1=C(C)C(=O)C[C@H](C(=C)C)C1. The molecular formula is C13H18O. The maximum atomic E-state index is 11.7. The second-order valence-electron chi connectivity index (χ2n) is 4.26. The van der Waals surface area contributed by atoms with Crippen LogP contribution in [0.2, 0.25) is 0 Å². The van der Waals surface area contributed by atoms with Crippen LogP contribution >= 0.6 is 0 Å². The fourth-order valence-electron chi connectivity index (χ4n) is 1.86. The number of ketones is 1. The Morgan fingerprint density at radius 3 is 2.29 bits per heavy atom. The summed E-state index contributed by atoms with van der Waals surface area (Å²) in [5, 5.41) is 0. The van der Waals surface area contributed by atoms with Crippen LogP contribution in [-0.4, -0.2) is 5.78 Å². The van der Waals surface area contributed by atoms with Crippen LogP contribution in [0.4, 0.5) is 0 Å². The van der Waals surface area contributed by atoms with Gasteiger partial charge in [-0.1, -0.05) is 24.3 Å². The lowest BCUT2D eigenvalue weighted by Gasteiger charge is -2.25. The number of carbonyl (C=O) groups excluding carboxylic acids is 1. The molecule has 1 rings (SSSR count). The Kier molecular flexibility index (Phi) is 3.10. The summed E-state index contributed by atoms with van der Waals surface area (Å²) in [7, 11) is 0. The van der Waals surface area contributed by atoms with Crippen LogP contribution in [0, 0.1) is 5.92 Å². The molecule has 14 heavy (non-hydrogen) atoms. The van der Waals surface area contributed by atoms with Crippen LogP contribution in [0.15, 0.2) is 35.5 Å². The first-order chi connectivity index (χ1) is 6.43. The van der Waals surface area contributed by atoms with Crippen molar-refractivity contribution in [1.29, 1.82) is 0 Å². The van der Waals surface area contributed by atoms with E-state index < -0.39 is 0 Å². The molecule has 76 valence electrons.